The summed E-state index contributed by atoms with van der Waals surface area (Å²) in [6, 6.07) is 19.8. The molecule has 4 rings (SSSR count). The smallest absolute Gasteiger partial charge is 0.0889 e. The van der Waals surface area contributed by atoms with E-state index in [-0.39, 0.29) is 5.41 Å². The van der Waals surface area contributed by atoms with Crippen LogP contribution in [0.25, 0.3) is 0 Å². The Bertz CT molecular complexity index is 782. The third-order valence-electron chi connectivity index (χ3n) is 6.33. The zero-order valence-electron chi connectivity index (χ0n) is 14.7. The van der Waals surface area contributed by atoms with Crippen LogP contribution in [-0.2, 0) is 4.57 Å². The van der Waals surface area contributed by atoms with E-state index in [1.807, 2.05) is 0 Å². The summed E-state index contributed by atoms with van der Waals surface area (Å²) < 4.78 is 13.6. The molecule has 1 saturated heterocycles. The molecule has 1 fully saturated rings. The molecule has 1 aliphatic carbocycles. The van der Waals surface area contributed by atoms with Gasteiger partial charge in [0.1, 0.15) is 0 Å². The van der Waals surface area contributed by atoms with Crippen LogP contribution in [0.3, 0.4) is 0 Å². The van der Waals surface area contributed by atoms with Gasteiger partial charge in [-0.2, -0.15) is 0 Å². The highest BCUT2D eigenvalue weighted by Crippen LogP contribution is 2.72. The van der Waals surface area contributed by atoms with Gasteiger partial charge in [-0.05, 0) is 34.4 Å². The Balaban J connectivity index is 1.81. The van der Waals surface area contributed by atoms with Crippen molar-refractivity contribution in [1.29, 1.82) is 0 Å². The van der Waals surface area contributed by atoms with Gasteiger partial charge in [0.2, 0.25) is 0 Å². The van der Waals surface area contributed by atoms with E-state index in [4.69, 9.17) is 0 Å². The fourth-order valence-corrected chi connectivity index (χ4v) is 9.64. The lowest BCUT2D eigenvalue weighted by molar-refractivity contribution is 0.318. The third kappa shape index (κ3) is 2.40. The molecule has 0 N–H and O–H groups in total. The Hall–Kier alpha value is -1.33. The molecule has 0 bridgehead atoms. The Morgan fingerprint density at radius 3 is 2.42 bits per heavy atom. The predicted molar refractivity (Wildman–Crippen MR) is 103 cm³/mol. The number of rotatable bonds is 4. The summed E-state index contributed by atoms with van der Waals surface area (Å²) in [6.07, 6.45) is 5.03. The lowest BCUT2D eigenvalue weighted by Gasteiger charge is -2.32. The first kappa shape index (κ1) is 16.2. The maximum atomic E-state index is 13.6. The minimum Gasteiger partial charge on any atom is -0.324 e. The molecule has 0 spiro atoms. The van der Waals surface area contributed by atoms with Gasteiger partial charge in [0.05, 0.1) is 7.14 Å². The van der Waals surface area contributed by atoms with E-state index in [1.54, 1.807) is 0 Å². The Morgan fingerprint density at radius 1 is 1.04 bits per heavy atom. The molecule has 0 saturated carbocycles. The molecule has 1 heterocycles. The molecule has 0 amide bonds. The van der Waals surface area contributed by atoms with Gasteiger partial charge in [-0.15, -0.1) is 0 Å². The van der Waals surface area contributed by atoms with Crippen LogP contribution in [0.2, 0.25) is 0 Å². The molecule has 2 aliphatic rings. The zero-order chi connectivity index (χ0) is 16.8. The second-order valence-electron chi connectivity index (χ2n) is 8.01. The summed E-state index contributed by atoms with van der Waals surface area (Å²) in [6.45, 7) is 4.60. The highest BCUT2D eigenvalue weighted by molar-refractivity contribution is 7.64. The van der Waals surface area contributed by atoms with Crippen molar-refractivity contribution in [2.75, 3.05) is 18.5 Å². The normalized spacial score (nSPS) is 34.1. The van der Waals surface area contributed by atoms with Gasteiger partial charge >= 0.3 is 0 Å². The molecule has 24 heavy (non-hydrogen) atoms. The first-order chi connectivity index (χ1) is 11.6. The van der Waals surface area contributed by atoms with Gasteiger partial charge in [-0.1, -0.05) is 74.9 Å². The van der Waals surface area contributed by atoms with E-state index in [9.17, 15) is 4.57 Å². The number of benzene rings is 2. The molecule has 4 atom stereocenters. The molecule has 2 heteroatoms. The topological polar surface area (TPSA) is 17.1 Å². The summed E-state index contributed by atoms with van der Waals surface area (Å²) in [4.78, 5) is 0. The molecule has 1 unspecified atom stereocenters. The van der Waals surface area contributed by atoms with Crippen LogP contribution in [0.4, 0.5) is 0 Å². The van der Waals surface area contributed by atoms with Gasteiger partial charge in [0, 0.05) is 24.4 Å². The van der Waals surface area contributed by atoms with Gasteiger partial charge in [-0.25, -0.2) is 0 Å². The van der Waals surface area contributed by atoms with Crippen LogP contribution in [0.1, 0.15) is 55.2 Å². The van der Waals surface area contributed by atoms with E-state index < -0.39 is 7.14 Å². The standard InChI is InChI=1S/C22H27OP/c1-3-4-14-24(23)15-20-18-12-8-9-13-19(18)21(22(20,2)16-24)17-10-6-5-7-11-17/h5-13,20-21H,3-4,14-16H2,1-2H3/t20-,21-,22-,24?/m0/s1. The predicted octanol–water partition coefficient (Wildman–Crippen LogP) is 6.10. The lowest BCUT2D eigenvalue weighted by atomic mass is 9.71. The van der Waals surface area contributed by atoms with Crippen LogP contribution < -0.4 is 0 Å². The van der Waals surface area contributed by atoms with Crippen molar-refractivity contribution in [3.8, 4) is 0 Å². The molecular formula is C22H27OP. The van der Waals surface area contributed by atoms with Gasteiger partial charge in [0.25, 0.3) is 0 Å². The van der Waals surface area contributed by atoms with Crippen molar-refractivity contribution >= 4 is 7.14 Å². The molecule has 0 radical (unpaired) electrons. The van der Waals surface area contributed by atoms with Crippen molar-refractivity contribution in [1.82, 2.24) is 0 Å². The van der Waals surface area contributed by atoms with Crippen LogP contribution in [0, 0.1) is 5.41 Å². The molecular weight excluding hydrogens is 311 g/mol. The maximum Gasteiger partial charge on any atom is 0.0889 e. The van der Waals surface area contributed by atoms with Gasteiger partial charge < -0.3 is 4.57 Å². The van der Waals surface area contributed by atoms with Crippen molar-refractivity contribution in [3.05, 3.63) is 71.3 Å². The highest BCUT2D eigenvalue weighted by Gasteiger charge is 2.58. The van der Waals surface area contributed by atoms with Crippen LogP contribution in [-0.4, -0.2) is 18.5 Å². The van der Waals surface area contributed by atoms with E-state index in [0.29, 0.717) is 11.8 Å². The fourth-order valence-electron chi connectivity index (χ4n) is 5.35. The summed E-state index contributed by atoms with van der Waals surface area (Å²) in [5, 5.41) is 0. The molecule has 0 aromatic heterocycles. The number of unbranched alkanes of at least 4 members (excludes halogenated alkanes) is 1. The molecule has 1 aliphatic heterocycles. The molecule has 2 aromatic carbocycles. The largest absolute Gasteiger partial charge is 0.324 e. The third-order valence-corrected chi connectivity index (χ3v) is 9.75. The minimum atomic E-state index is -2.04. The second kappa shape index (κ2) is 5.88. The summed E-state index contributed by atoms with van der Waals surface area (Å²) in [5.41, 5.74) is 4.42. The Morgan fingerprint density at radius 2 is 1.71 bits per heavy atom. The number of hydrogen-bond donors (Lipinski definition) is 0. The summed E-state index contributed by atoms with van der Waals surface area (Å²) in [5.74, 6) is 0.846. The number of hydrogen-bond acceptors (Lipinski definition) is 1. The SMILES string of the molecule is CCCCP1(=O)C[C@H]2c3ccccc3[C@H](c3ccccc3)[C@@]2(C)C1. The van der Waals surface area contributed by atoms with Crippen LogP contribution in [0.5, 0.6) is 0 Å². The first-order valence-electron chi connectivity index (χ1n) is 9.28. The van der Waals surface area contributed by atoms with Crippen molar-refractivity contribution in [2.45, 2.75) is 38.5 Å². The van der Waals surface area contributed by atoms with Crippen molar-refractivity contribution in [3.63, 3.8) is 0 Å². The second-order valence-corrected chi connectivity index (χ2v) is 11.3. The van der Waals surface area contributed by atoms with Crippen LogP contribution >= 0.6 is 7.14 Å². The highest BCUT2D eigenvalue weighted by atomic mass is 31.2. The van der Waals surface area contributed by atoms with Crippen molar-refractivity contribution in [2.24, 2.45) is 5.41 Å². The van der Waals surface area contributed by atoms with E-state index in [1.165, 1.54) is 16.7 Å². The Kier molecular flexibility index (Phi) is 3.96. The van der Waals surface area contributed by atoms with E-state index in [2.05, 4.69) is 68.4 Å². The average Bonchev–Trinajstić information content (AvgIpc) is 2.98. The first-order valence-corrected chi connectivity index (χ1v) is 11.5. The number of fused-ring (bicyclic) bond motifs is 3. The maximum absolute atomic E-state index is 13.6. The molecule has 2 aromatic rings. The van der Waals surface area contributed by atoms with E-state index in [0.717, 1.165) is 31.3 Å². The van der Waals surface area contributed by atoms with Gasteiger partial charge in [-0.3, -0.25) is 0 Å². The zero-order valence-corrected chi connectivity index (χ0v) is 15.6. The Labute approximate surface area is 145 Å². The minimum absolute atomic E-state index is 0.105. The summed E-state index contributed by atoms with van der Waals surface area (Å²) in [7, 11) is -2.04. The van der Waals surface area contributed by atoms with Crippen LogP contribution in [0.15, 0.2) is 54.6 Å². The lowest BCUT2D eigenvalue weighted by Crippen LogP contribution is -2.26. The van der Waals surface area contributed by atoms with E-state index >= 15 is 0 Å². The molecule has 1 nitrogen and oxygen atoms in total. The van der Waals surface area contributed by atoms with Crippen molar-refractivity contribution < 1.29 is 4.57 Å². The molecule has 126 valence electrons. The monoisotopic (exact) mass is 338 g/mol. The van der Waals surface area contributed by atoms with Gasteiger partial charge in [0.15, 0.2) is 0 Å². The summed E-state index contributed by atoms with van der Waals surface area (Å²) >= 11 is 0. The quantitative estimate of drug-likeness (QED) is 0.616. The fraction of sp³-hybridized carbons (Fsp3) is 0.455. The average molecular weight is 338 g/mol.